The molecule has 0 amide bonds. The quantitative estimate of drug-likeness (QED) is 0.239. The SMILES string of the molecule is CC/C=C(CC#CCCC)/C(=C\OC)C(=O)OC. The van der Waals surface area contributed by atoms with Crippen LogP contribution in [-0.4, -0.2) is 20.2 Å². The zero-order valence-electron chi connectivity index (χ0n) is 11.7. The summed E-state index contributed by atoms with van der Waals surface area (Å²) in [7, 11) is 2.87. The van der Waals surface area contributed by atoms with E-state index >= 15 is 0 Å². The van der Waals surface area contributed by atoms with Gasteiger partial charge in [-0.15, -0.1) is 5.92 Å². The number of ether oxygens (including phenoxy) is 2. The van der Waals surface area contributed by atoms with Gasteiger partial charge in [0.15, 0.2) is 0 Å². The Morgan fingerprint density at radius 3 is 2.44 bits per heavy atom. The van der Waals surface area contributed by atoms with Crippen molar-refractivity contribution in [1.82, 2.24) is 0 Å². The lowest BCUT2D eigenvalue weighted by Gasteiger charge is -2.07. The van der Waals surface area contributed by atoms with Crippen molar-refractivity contribution in [3.8, 4) is 11.8 Å². The van der Waals surface area contributed by atoms with E-state index in [4.69, 9.17) is 9.47 Å². The van der Waals surface area contributed by atoms with Crippen LogP contribution >= 0.6 is 0 Å². The van der Waals surface area contributed by atoms with E-state index in [1.165, 1.54) is 20.5 Å². The minimum Gasteiger partial charge on any atom is -0.503 e. The van der Waals surface area contributed by atoms with Gasteiger partial charge in [-0.1, -0.05) is 25.8 Å². The van der Waals surface area contributed by atoms with Crippen molar-refractivity contribution in [2.24, 2.45) is 0 Å². The molecule has 0 rings (SSSR count). The molecule has 0 aliphatic carbocycles. The number of carbonyl (C=O) groups excluding carboxylic acids is 1. The summed E-state index contributed by atoms with van der Waals surface area (Å²) in [5.74, 6) is 5.74. The highest BCUT2D eigenvalue weighted by molar-refractivity contribution is 5.93. The Kier molecular flexibility index (Phi) is 9.48. The molecule has 0 saturated carbocycles. The number of hydrogen-bond donors (Lipinski definition) is 0. The number of carbonyl (C=O) groups is 1. The van der Waals surface area contributed by atoms with E-state index in [2.05, 4.69) is 18.8 Å². The maximum absolute atomic E-state index is 11.6. The predicted molar refractivity (Wildman–Crippen MR) is 72.8 cm³/mol. The van der Waals surface area contributed by atoms with Crippen molar-refractivity contribution in [1.29, 1.82) is 0 Å². The second-order valence-corrected chi connectivity index (χ2v) is 3.68. The minimum absolute atomic E-state index is 0.395. The number of rotatable bonds is 6. The van der Waals surface area contributed by atoms with Crippen LogP contribution in [0.2, 0.25) is 0 Å². The monoisotopic (exact) mass is 250 g/mol. The average Bonchev–Trinajstić information content (AvgIpc) is 2.39. The standard InChI is InChI=1S/C15H22O3/c1-5-7-8-9-11-13(10-6-2)14(12-17-3)15(16)18-4/h10,12H,5-7,11H2,1-4H3/b13-10+,14-12+. The molecule has 0 spiro atoms. The van der Waals surface area contributed by atoms with Gasteiger partial charge in [-0.2, -0.15) is 0 Å². The van der Waals surface area contributed by atoms with Gasteiger partial charge in [-0.3, -0.25) is 0 Å². The van der Waals surface area contributed by atoms with Gasteiger partial charge in [0.2, 0.25) is 0 Å². The smallest absolute Gasteiger partial charge is 0.341 e. The summed E-state index contributed by atoms with van der Waals surface area (Å²) >= 11 is 0. The van der Waals surface area contributed by atoms with Gasteiger partial charge < -0.3 is 9.47 Å². The van der Waals surface area contributed by atoms with Crippen molar-refractivity contribution in [2.75, 3.05) is 14.2 Å². The number of unbranched alkanes of at least 4 members (excludes halogenated alkanes) is 1. The summed E-state index contributed by atoms with van der Waals surface area (Å²) in [6, 6.07) is 0. The minimum atomic E-state index is -0.395. The summed E-state index contributed by atoms with van der Waals surface area (Å²) < 4.78 is 9.67. The van der Waals surface area contributed by atoms with Gasteiger partial charge in [0.25, 0.3) is 0 Å². The van der Waals surface area contributed by atoms with Gasteiger partial charge >= 0.3 is 5.97 Å². The Balaban J connectivity index is 4.97. The second kappa shape index (κ2) is 10.5. The molecular weight excluding hydrogens is 228 g/mol. The Hall–Kier alpha value is -1.69. The van der Waals surface area contributed by atoms with Crippen LogP contribution in [0, 0.1) is 11.8 Å². The van der Waals surface area contributed by atoms with Crippen molar-refractivity contribution in [3.63, 3.8) is 0 Å². The highest BCUT2D eigenvalue weighted by Crippen LogP contribution is 2.16. The van der Waals surface area contributed by atoms with Crippen LogP contribution in [0.15, 0.2) is 23.5 Å². The first-order valence-corrected chi connectivity index (χ1v) is 6.17. The molecule has 0 aromatic rings. The van der Waals surface area contributed by atoms with E-state index in [1.54, 1.807) is 0 Å². The molecule has 0 fully saturated rings. The Bertz CT molecular complexity index is 367. The third-order valence-electron chi connectivity index (χ3n) is 2.22. The maximum Gasteiger partial charge on any atom is 0.341 e. The second-order valence-electron chi connectivity index (χ2n) is 3.68. The molecular formula is C15H22O3. The average molecular weight is 250 g/mol. The molecule has 18 heavy (non-hydrogen) atoms. The molecule has 0 radical (unpaired) electrons. The van der Waals surface area contributed by atoms with E-state index in [-0.39, 0.29) is 0 Å². The highest BCUT2D eigenvalue weighted by Gasteiger charge is 2.14. The summed E-state index contributed by atoms with van der Waals surface area (Å²) in [6.07, 6.45) is 6.68. The fraction of sp³-hybridized carbons (Fsp3) is 0.533. The van der Waals surface area contributed by atoms with Crippen molar-refractivity contribution in [2.45, 2.75) is 39.5 Å². The van der Waals surface area contributed by atoms with Crippen molar-refractivity contribution >= 4 is 5.97 Å². The van der Waals surface area contributed by atoms with Gasteiger partial charge in [0.1, 0.15) is 0 Å². The van der Waals surface area contributed by atoms with Crippen LogP contribution in [0.25, 0.3) is 0 Å². The Labute approximate surface area is 110 Å². The number of hydrogen-bond acceptors (Lipinski definition) is 3. The van der Waals surface area contributed by atoms with Crippen LogP contribution in [0.3, 0.4) is 0 Å². The molecule has 0 aliphatic heterocycles. The van der Waals surface area contributed by atoms with E-state index in [0.717, 1.165) is 24.8 Å². The lowest BCUT2D eigenvalue weighted by molar-refractivity contribution is -0.135. The van der Waals surface area contributed by atoms with Gasteiger partial charge in [-0.05, 0) is 18.4 Å². The fourth-order valence-electron chi connectivity index (χ4n) is 1.38. The van der Waals surface area contributed by atoms with Crippen LogP contribution in [0.1, 0.15) is 39.5 Å². The summed E-state index contributed by atoms with van der Waals surface area (Å²) in [6.45, 7) is 4.10. The fourth-order valence-corrected chi connectivity index (χ4v) is 1.38. The molecule has 3 nitrogen and oxygen atoms in total. The molecule has 0 unspecified atom stereocenters. The normalized spacial score (nSPS) is 11.6. The first-order valence-electron chi connectivity index (χ1n) is 6.17. The molecule has 0 aromatic carbocycles. The topological polar surface area (TPSA) is 35.5 Å². The first-order chi connectivity index (χ1) is 8.71. The van der Waals surface area contributed by atoms with Gasteiger partial charge in [0, 0.05) is 12.8 Å². The van der Waals surface area contributed by atoms with Crippen LogP contribution in [0.4, 0.5) is 0 Å². The van der Waals surface area contributed by atoms with Crippen molar-refractivity contribution < 1.29 is 14.3 Å². The molecule has 0 saturated heterocycles. The third kappa shape index (κ3) is 6.15. The molecule has 0 atom stereocenters. The van der Waals surface area contributed by atoms with Crippen molar-refractivity contribution in [3.05, 3.63) is 23.5 Å². The van der Waals surface area contributed by atoms with E-state index in [9.17, 15) is 4.79 Å². The summed E-state index contributed by atoms with van der Waals surface area (Å²) in [5.41, 5.74) is 1.29. The number of allylic oxidation sites excluding steroid dienone is 1. The summed E-state index contributed by atoms with van der Waals surface area (Å²) in [4.78, 5) is 11.6. The molecule has 0 bridgehead atoms. The van der Waals surface area contributed by atoms with Crippen LogP contribution in [0.5, 0.6) is 0 Å². The molecule has 0 N–H and O–H groups in total. The molecule has 0 aromatic heterocycles. The maximum atomic E-state index is 11.6. The number of esters is 1. The Morgan fingerprint density at radius 2 is 1.94 bits per heavy atom. The zero-order valence-corrected chi connectivity index (χ0v) is 11.7. The third-order valence-corrected chi connectivity index (χ3v) is 2.22. The van der Waals surface area contributed by atoms with Crippen LogP contribution in [-0.2, 0) is 14.3 Å². The molecule has 0 aliphatic rings. The number of methoxy groups -OCH3 is 2. The van der Waals surface area contributed by atoms with Gasteiger partial charge in [0.05, 0.1) is 26.1 Å². The lowest BCUT2D eigenvalue weighted by Crippen LogP contribution is -2.08. The van der Waals surface area contributed by atoms with E-state index in [0.29, 0.717) is 12.0 Å². The Morgan fingerprint density at radius 1 is 1.22 bits per heavy atom. The zero-order chi connectivity index (χ0) is 13.8. The predicted octanol–water partition coefficient (Wildman–Crippen LogP) is 3.22. The lowest BCUT2D eigenvalue weighted by atomic mass is 10.0. The van der Waals surface area contributed by atoms with Crippen LogP contribution < -0.4 is 0 Å². The molecule has 100 valence electrons. The molecule has 3 heteroatoms. The summed E-state index contributed by atoms with van der Waals surface area (Å²) in [5, 5.41) is 0. The van der Waals surface area contributed by atoms with Gasteiger partial charge in [-0.25, -0.2) is 4.79 Å². The largest absolute Gasteiger partial charge is 0.503 e. The molecule has 0 heterocycles. The first kappa shape index (κ1) is 16.3. The van der Waals surface area contributed by atoms with E-state index in [1.807, 2.05) is 13.0 Å². The van der Waals surface area contributed by atoms with E-state index < -0.39 is 5.97 Å². The highest BCUT2D eigenvalue weighted by atomic mass is 16.5.